The van der Waals surface area contributed by atoms with Gasteiger partial charge in [0.25, 0.3) is 23.6 Å². The van der Waals surface area contributed by atoms with Crippen molar-refractivity contribution in [3.05, 3.63) is 141 Å². The molecule has 0 aliphatic rings. The minimum Gasteiger partial charge on any atom is -0.324 e. The van der Waals surface area contributed by atoms with Gasteiger partial charge in [0.05, 0.1) is 11.4 Å². The van der Waals surface area contributed by atoms with E-state index in [1.807, 2.05) is 0 Å². The molecule has 0 aliphatic carbocycles. The molecule has 0 saturated carbocycles. The maximum atomic E-state index is 13.3. The molecule has 0 heterocycles. The summed E-state index contributed by atoms with van der Waals surface area (Å²) in [6.45, 7) is 2.32. The van der Waals surface area contributed by atoms with Crippen molar-refractivity contribution in [2.45, 2.75) is 43.6 Å². The highest BCUT2D eigenvalue weighted by Gasteiger charge is 2.26. The highest BCUT2D eigenvalue weighted by molar-refractivity contribution is 6.31. The third-order valence-corrected chi connectivity index (χ3v) is 9.98. The number of nitrogens with one attached hydrogen (secondary N) is 4. The zero-order valence-electron chi connectivity index (χ0n) is 32.7. The van der Waals surface area contributed by atoms with Gasteiger partial charge in [-0.05, 0) is 109 Å². The normalized spacial score (nSPS) is 12.1. The zero-order valence-corrected chi connectivity index (χ0v) is 36.5. The largest absolute Gasteiger partial charge is 0.324 e. The lowest BCUT2D eigenvalue weighted by molar-refractivity contribution is -0.127. The summed E-state index contributed by atoms with van der Waals surface area (Å²) < 4.78 is 0. The first-order valence-corrected chi connectivity index (χ1v) is 20.7. The van der Waals surface area contributed by atoms with Gasteiger partial charge in [0.1, 0.15) is 0 Å². The van der Waals surface area contributed by atoms with E-state index in [1.165, 1.54) is 54.6 Å². The van der Waals surface area contributed by atoms with Crippen LogP contribution in [0.2, 0.25) is 10.0 Å². The topological polar surface area (TPSA) is 200 Å². The number of azo groups is 2. The second kappa shape index (κ2) is 22.2. The van der Waals surface area contributed by atoms with Crippen molar-refractivity contribution in [1.82, 2.24) is 0 Å². The molecule has 0 bridgehead atoms. The standard InChI is InChI=1S/C43H35Cl5N8O6/c1-23(57)38(55-53-35-15-27(13-30(47)18-35)40(59)49-32-7-3-25(20-44)4-8-32)42(61)51-34-11-12-37(29(17-34)22-46)52-43(62)39(24(2)58)56-54-36-16-28(14-31(48)19-36)41(60)50-33-9-5-26(21-45)6-10-33/h3-19,38-39H,20-22H2,1-2H3,(H,49,59)(H,50,60)(H,51,61)(H,52,62). The van der Waals surface area contributed by atoms with Crippen LogP contribution >= 0.6 is 58.0 Å². The number of Topliss-reactive ketones (excluding diaryl/α,β-unsaturated/α-hetero) is 2. The third kappa shape index (κ3) is 13.2. The van der Waals surface area contributed by atoms with E-state index in [-0.39, 0.29) is 49.8 Å². The predicted octanol–water partition coefficient (Wildman–Crippen LogP) is 11.1. The fourth-order valence-corrected chi connectivity index (χ4v) is 6.52. The summed E-state index contributed by atoms with van der Waals surface area (Å²) in [5, 5.41) is 27.0. The molecule has 5 rings (SSSR count). The zero-order chi connectivity index (χ0) is 44.9. The Morgan fingerprint density at radius 1 is 0.500 bits per heavy atom. The summed E-state index contributed by atoms with van der Waals surface area (Å²) in [4.78, 5) is 77.6. The fourth-order valence-electron chi connectivity index (χ4n) is 5.49. The Balaban J connectivity index is 1.24. The Morgan fingerprint density at radius 2 is 0.919 bits per heavy atom. The molecule has 0 aromatic heterocycles. The average molecular weight is 937 g/mol. The smallest absolute Gasteiger partial charge is 0.258 e. The number of hydrogen-bond acceptors (Lipinski definition) is 10. The number of benzene rings is 5. The third-order valence-electron chi connectivity index (χ3n) is 8.64. The number of halogens is 5. The van der Waals surface area contributed by atoms with Crippen molar-refractivity contribution in [2.24, 2.45) is 20.5 Å². The Bertz CT molecular complexity index is 2570. The van der Waals surface area contributed by atoms with Crippen molar-refractivity contribution in [1.29, 1.82) is 0 Å². The Labute approximate surface area is 380 Å². The van der Waals surface area contributed by atoms with Crippen molar-refractivity contribution in [3.8, 4) is 0 Å². The van der Waals surface area contributed by atoms with Crippen LogP contribution in [0.1, 0.15) is 51.3 Å². The number of rotatable bonds is 17. The van der Waals surface area contributed by atoms with Crippen LogP contribution in [0.15, 0.2) is 124 Å². The summed E-state index contributed by atoms with van der Waals surface area (Å²) in [7, 11) is 0. The monoisotopic (exact) mass is 934 g/mol. The minimum absolute atomic E-state index is 0.106. The Kier molecular flexibility index (Phi) is 16.8. The molecular weight excluding hydrogens is 902 g/mol. The summed E-state index contributed by atoms with van der Waals surface area (Å²) in [6, 6.07) is 23.4. The van der Waals surface area contributed by atoms with Crippen molar-refractivity contribution in [2.75, 3.05) is 21.3 Å². The maximum absolute atomic E-state index is 13.3. The van der Waals surface area contributed by atoms with E-state index >= 15 is 0 Å². The molecule has 4 N–H and O–H groups in total. The van der Waals surface area contributed by atoms with E-state index < -0.39 is 47.3 Å². The molecule has 19 heteroatoms. The van der Waals surface area contributed by atoms with Crippen LogP contribution in [-0.2, 0) is 36.8 Å². The minimum atomic E-state index is -1.60. The number of ketones is 2. The van der Waals surface area contributed by atoms with Crippen LogP contribution in [0, 0.1) is 0 Å². The van der Waals surface area contributed by atoms with E-state index in [0.717, 1.165) is 25.0 Å². The van der Waals surface area contributed by atoms with Crippen LogP contribution in [0.4, 0.5) is 34.1 Å². The molecule has 0 spiro atoms. The van der Waals surface area contributed by atoms with Crippen LogP contribution in [0.5, 0.6) is 0 Å². The SMILES string of the molecule is CC(=O)C(N=Nc1cc(Cl)cc(C(=O)Nc2ccc(CCl)cc2)c1)C(=O)Nc1ccc(NC(=O)C(N=Nc2cc(Cl)cc(C(=O)Nc3ccc(CCl)cc3)c2)C(C)=O)c(CCl)c1. The number of hydrogen-bond donors (Lipinski definition) is 4. The Morgan fingerprint density at radius 3 is 1.32 bits per heavy atom. The van der Waals surface area contributed by atoms with Crippen LogP contribution in [-0.4, -0.2) is 47.3 Å². The lowest BCUT2D eigenvalue weighted by Crippen LogP contribution is -2.32. The number of anilines is 4. The molecule has 0 saturated heterocycles. The number of carbonyl (C=O) groups excluding carboxylic acids is 6. The number of alkyl halides is 3. The molecule has 0 fully saturated rings. The molecule has 0 radical (unpaired) electrons. The van der Waals surface area contributed by atoms with Crippen LogP contribution in [0.25, 0.3) is 0 Å². The lowest BCUT2D eigenvalue weighted by Gasteiger charge is -2.15. The molecular formula is C43H35Cl5N8O6. The van der Waals surface area contributed by atoms with Gasteiger partial charge in [-0.15, -0.1) is 34.8 Å². The number of nitrogens with zero attached hydrogens (tertiary/aromatic N) is 4. The fraction of sp³-hybridized carbons (Fsp3) is 0.163. The second-order valence-corrected chi connectivity index (χ2v) is 15.1. The molecule has 318 valence electrons. The first kappa shape index (κ1) is 47.0. The van der Waals surface area contributed by atoms with E-state index in [2.05, 4.69) is 41.7 Å². The molecule has 14 nitrogen and oxygen atoms in total. The van der Waals surface area contributed by atoms with Crippen LogP contribution < -0.4 is 21.3 Å². The highest BCUT2D eigenvalue weighted by Crippen LogP contribution is 2.27. The van der Waals surface area contributed by atoms with E-state index in [1.54, 1.807) is 48.5 Å². The van der Waals surface area contributed by atoms with Gasteiger partial charge in [-0.2, -0.15) is 20.5 Å². The molecule has 2 unspecified atom stereocenters. The first-order chi connectivity index (χ1) is 29.6. The van der Waals surface area contributed by atoms with E-state index in [0.29, 0.717) is 28.7 Å². The van der Waals surface area contributed by atoms with Crippen molar-refractivity contribution >= 4 is 127 Å². The average Bonchev–Trinajstić information content (AvgIpc) is 3.24. The van der Waals surface area contributed by atoms with Gasteiger partial charge in [0, 0.05) is 61.6 Å². The van der Waals surface area contributed by atoms with E-state index in [9.17, 15) is 28.8 Å². The van der Waals surface area contributed by atoms with Gasteiger partial charge in [-0.25, -0.2) is 0 Å². The summed E-state index contributed by atoms with van der Waals surface area (Å²) in [6.07, 6.45) is 0. The molecule has 5 aromatic carbocycles. The molecule has 2 atom stereocenters. The van der Waals surface area contributed by atoms with Crippen molar-refractivity contribution < 1.29 is 28.8 Å². The lowest BCUT2D eigenvalue weighted by atomic mass is 10.1. The van der Waals surface area contributed by atoms with Gasteiger partial charge in [0.2, 0.25) is 12.1 Å². The Hall–Kier alpha value is -6.03. The summed E-state index contributed by atoms with van der Waals surface area (Å²) in [5.74, 6) is -3.43. The molecule has 4 amide bonds. The quantitative estimate of drug-likeness (QED) is 0.0406. The van der Waals surface area contributed by atoms with Gasteiger partial charge in [-0.1, -0.05) is 47.5 Å². The maximum Gasteiger partial charge on any atom is 0.258 e. The first-order valence-electron chi connectivity index (χ1n) is 18.3. The highest BCUT2D eigenvalue weighted by atomic mass is 35.5. The summed E-state index contributed by atoms with van der Waals surface area (Å²) >= 11 is 30.4. The van der Waals surface area contributed by atoms with Gasteiger partial charge < -0.3 is 21.3 Å². The number of carbonyl (C=O) groups is 6. The molecule has 0 aliphatic heterocycles. The summed E-state index contributed by atoms with van der Waals surface area (Å²) in [5.41, 5.74) is 4.04. The van der Waals surface area contributed by atoms with Gasteiger partial charge >= 0.3 is 0 Å². The van der Waals surface area contributed by atoms with E-state index in [4.69, 9.17) is 58.0 Å². The second-order valence-electron chi connectivity index (χ2n) is 13.4. The number of amides is 4. The van der Waals surface area contributed by atoms with Gasteiger partial charge in [0.15, 0.2) is 11.6 Å². The molecule has 62 heavy (non-hydrogen) atoms. The van der Waals surface area contributed by atoms with Gasteiger partial charge in [-0.3, -0.25) is 28.8 Å². The van der Waals surface area contributed by atoms with Crippen molar-refractivity contribution in [3.63, 3.8) is 0 Å². The predicted molar refractivity (Wildman–Crippen MR) is 242 cm³/mol. The molecule has 5 aromatic rings. The van der Waals surface area contributed by atoms with Crippen LogP contribution in [0.3, 0.4) is 0 Å².